The summed E-state index contributed by atoms with van der Waals surface area (Å²) in [7, 11) is 0. The van der Waals surface area contributed by atoms with Gasteiger partial charge < -0.3 is 9.67 Å². The molecule has 2 rings (SSSR count). The second-order valence-electron chi connectivity index (χ2n) is 2.26. The first-order chi connectivity index (χ1) is 5.27. The maximum Gasteiger partial charge on any atom is 0.356 e. The summed E-state index contributed by atoms with van der Waals surface area (Å²) in [5, 5.41) is 9.38. The highest BCUT2D eigenvalue weighted by molar-refractivity contribution is 7.99. The van der Waals surface area contributed by atoms with E-state index in [2.05, 4.69) is 4.98 Å². The maximum atomic E-state index is 10.4. The van der Waals surface area contributed by atoms with Crippen LogP contribution in [0.2, 0.25) is 0 Å². The fraction of sp³-hybridized carbons (Fsp3) is 0.333. The summed E-state index contributed by atoms with van der Waals surface area (Å²) >= 11 is 1.59. The van der Waals surface area contributed by atoms with Crippen molar-refractivity contribution in [2.24, 2.45) is 0 Å². The Morgan fingerprint density at radius 1 is 1.82 bits per heavy atom. The zero-order valence-electron chi connectivity index (χ0n) is 5.65. The van der Waals surface area contributed by atoms with Crippen LogP contribution in [0, 0.1) is 0 Å². The number of hydrogen-bond acceptors (Lipinski definition) is 3. The summed E-state index contributed by atoms with van der Waals surface area (Å²) in [5.74, 6) is 0.0508. The van der Waals surface area contributed by atoms with Crippen LogP contribution in [0.25, 0.3) is 0 Å². The zero-order chi connectivity index (χ0) is 7.84. The molecule has 11 heavy (non-hydrogen) atoms. The van der Waals surface area contributed by atoms with Gasteiger partial charge in [-0.2, -0.15) is 0 Å². The average molecular weight is 170 g/mol. The Bertz CT molecular complexity index is 286. The fourth-order valence-electron chi connectivity index (χ4n) is 1.01. The molecule has 4 nitrogen and oxygen atoms in total. The molecule has 0 aromatic carbocycles. The van der Waals surface area contributed by atoms with Gasteiger partial charge in [0, 0.05) is 18.5 Å². The van der Waals surface area contributed by atoms with Gasteiger partial charge in [-0.15, -0.1) is 0 Å². The number of aromatic nitrogens is 2. The minimum absolute atomic E-state index is 0.146. The van der Waals surface area contributed by atoms with E-state index in [0.717, 1.165) is 17.5 Å². The Hall–Kier alpha value is -0.970. The molecule has 1 aliphatic rings. The number of carboxylic acids is 1. The number of imidazole rings is 1. The van der Waals surface area contributed by atoms with Crippen molar-refractivity contribution in [2.75, 3.05) is 5.75 Å². The quantitative estimate of drug-likeness (QED) is 0.673. The Morgan fingerprint density at radius 3 is 3.27 bits per heavy atom. The molecular formula is C6H6N2O2S. The molecule has 2 heterocycles. The summed E-state index contributed by atoms with van der Waals surface area (Å²) in [6.07, 6.45) is 1.58. The van der Waals surface area contributed by atoms with Gasteiger partial charge in [0.1, 0.15) is 0 Å². The normalized spacial score (nSPS) is 14.9. The van der Waals surface area contributed by atoms with Gasteiger partial charge in [0.15, 0.2) is 10.9 Å². The maximum absolute atomic E-state index is 10.4. The van der Waals surface area contributed by atoms with E-state index in [4.69, 9.17) is 5.11 Å². The lowest BCUT2D eigenvalue weighted by Crippen LogP contribution is -1.96. The Kier molecular flexibility index (Phi) is 1.38. The van der Waals surface area contributed by atoms with Gasteiger partial charge in [-0.05, 0) is 0 Å². The van der Waals surface area contributed by atoms with Crippen LogP contribution in [0.5, 0.6) is 0 Å². The number of thioether (sulfide) groups is 1. The van der Waals surface area contributed by atoms with Crippen LogP contribution in [0.1, 0.15) is 10.5 Å². The van der Waals surface area contributed by atoms with Gasteiger partial charge in [-0.1, -0.05) is 11.8 Å². The van der Waals surface area contributed by atoms with Gasteiger partial charge in [-0.25, -0.2) is 9.78 Å². The van der Waals surface area contributed by atoms with E-state index in [1.54, 1.807) is 18.0 Å². The largest absolute Gasteiger partial charge is 0.476 e. The first-order valence-corrected chi connectivity index (χ1v) is 4.19. The summed E-state index contributed by atoms with van der Waals surface area (Å²) in [6, 6.07) is 0. The monoisotopic (exact) mass is 170 g/mol. The number of rotatable bonds is 1. The van der Waals surface area contributed by atoms with E-state index < -0.39 is 5.97 Å². The van der Waals surface area contributed by atoms with E-state index in [1.165, 1.54) is 0 Å². The van der Waals surface area contributed by atoms with Crippen LogP contribution in [-0.4, -0.2) is 26.4 Å². The predicted octanol–water partition coefficient (Wildman–Crippen LogP) is 0.687. The van der Waals surface area contributed by atoms with Gasteiger partial charge in [-0.3, -0.25) is 0 Å². The molecule has 0 atom stereocenters. The highest BCUT2D eigenvalue weighted by Crippen LogP contribution is 2.24. The number of hydrogen-bond donors (Lipinski definition) is 1. The Balaban J connectivity index is 2.42. The molecule has 0 unspecified atom stereocenters. The van der Waals surface area contributed by atoms with E-state index in [1.807, 2.05) is 4.57 Å². The van der Waals surface area contributed by atoms with Crippen molar-refractivity contribution < 1.29 is 9.90 Å². The van der Waals surface area contributed by atoms with Crippen LogP contribution >= 0.6 is 11.8 Å². The van der Waals surface area contributed by atoms with Gasteiger partial charge in [0.05, 0.1) is 0 Å². The van der Waals surface area contributed by atoms with Crippen molar-refractivity contribution in [2.45, 2.75) is 11.7 Å². The van der Waals surface area contributed by atoms with Crippen molar-refractivity contribution in [3.05, 3.63) is 11.9 Å². The zero-order valence-corrected chi connectivity index (χ0v) is 6.47. The molecule has 1 aliphatic heterocycles. The topological polar surface area (TPSA) is 55.1 Å². The minimum Gasteiger partial charge on any atom is -0.476 e. The molecule has 5 heteroatoms. The van der Waals surface area contributed by atoms with E-state index in [-0.39, 0.29) is 5.69 Å². The average Bonchev–Trinajstić information content (AvgIpc) is 2.40. The van der Waals surface area contributed by atoms with Gasteiger partial charge in [0.25, 0.3) is 0 Å². The third-order valence-corrected chi connectivity index (χ3v) is 2.49. The number of carbonyl (C=O) groups is 1. The van der Waals surface area contributed by atoms with Crippen LogP contribution < -0.4 is 0 Å². The van der Waals surface area contributed by atoms with Crippen molar-refractivity contribution in [1.82, 2.24) is 9.55 Å². The third-order valence-electron chi connectivity index (χ3n) is 1.52. The molecule has 1 aromatic rings. The standard InChI is InChI=1S/C6H6N2O2S/c9-5(10)4-3-8-1-2-11-6(8)7-4/h3H,1-2H2,(H,9,10). The first-order valence-electron chi connectivity index (χ1n) is 3.20. The molecule has 0 spiro atoms. The summed E-state index contributed by atoms with van der Waals surface area (Å²) < 4.78 is 1.87. The summed E-state index contributed by atoms with van der Waals surface area (Å²) in [4.78, 5) is 14.3. The van der Waals surface area contributed by atoms with Crippen molar-refractivity contribution in [3.63, 3.8) is 0 Å². The molecule has 0 saturated carbocycles. The van der Waals surface area contributed by atoms with Crippen LogP contribution in [-0.2, 0) is 6.54 Å². The summed E-state index contributed by atoms with van der Waals surface area (Å²) in [5.41, 5.74) is 0.146. The molecule has 0 fully saturated rings. The molecule has 58 valence electrons. The molecule has 1 N–H and O–H groups in total. The number of nitrogens with zero attached hydrogens (tertiary/aromatic N) is 2. The number of aryl methyl sites for hydroxylation is 1. The Labute approximate surface area is 67.2 Å². The lowest BCUT2D eigenvalue weighted by molar-refractivity contribution is 0.0690. The SMILES string of the molecule is O=C(O)c1cn2c(n1)SCC2. The number of fused-ring (bicyclic) bond motifs is 1. The molecular weight excluding hydrogens is 164 g/mol. The van der Waals surface area contributed by atoms with Crippen LogP contribution in [0.15, 0.2) is 11.4 Å². The van der Waals surface area contributed by atoms with Crippen molar-refractivity contribution >= 4 is 17.7 Å². The smallest absolute Gasteiger partial charge is 0.356 e. The second-order valence-corrected chi connectivity index (χ2v) is 3.32. The summed E-state index contributed by atoms with van der Waals surface area (Å²) in [6.45, 7) is 0.875. The molecule has 0 bridgehead atoms. The Morgan fingerprint density at radius 2 is 2.64 bits per heavy atom. The van der Waals surface area contributed by atoms with Gasteiger partial charge in [0.2, 0.25) is 0 Å². The lowest BCUT2D eigenvalue weighted by atomic mass is 10.5. The van der Waals surface area contributed by atoms with Crippen LogP contribution in [0.3, 0.4) is 0 Å². The molecule has 0 saturated heterocycles. The highest BCUT2D eigenvalue weighted by atomic mass is 32.2. The van der Waals surface area contributed by atoms with E-state index >= 15 is 0 Å². The van der Waals surface area contributed by atoms with E-state index in [9.17, 15) is 4.79 Å². The second kappa shape index (κ2) is 2.27. The fourth-order valence-corrected chi connectivity index (χ4v) is 1.96. The predicted molar refractivity (Wildman–Crippen MR) is 39.9 cm³/mol. The lowest BCUT2D eigenvalue weighted by Gasteiger charge is -1.87. The third kappa shape index (κ3) is 1.01. The molecule has 0 aliphatic carbocycles. The van der Waals surface area contributed by atoms with Crippen LogP contribution in [0.4, 0.5) is 0 Å². The molecule has 1 aromatic heterocycles. The number of carboxylic acid groups (broad SMARTS) is 1. The first kappa shape index (κ1) is 6.72. The number of aromatic carboxylic acids is 1. The van der Waals surface area contributed by atoms with Crippen molar-refractivity contribution in [3.8, 4) is 0 Å². The van der Waals surface area contributed by atoms with E-state index in [0.29, 0.717) is 0 Å². The highest BCUT2D eigenvalue weighted by Gasteiger charge is 2.17. The van der Waals surface area contributed by atoms with Crippen molar-refractivity contribution in [1.29, 1.82) is 0 Å². The van der Waals surface area contributed by atoms with Gasteiger partial charge >= 0.3 is 5.97 Å². The minimum atomic E-state index is -0.951. The molecule has 0 radical (unpaired) electrons. The molecule has 0 amide bonds.